The number of hydrogen-bond donors (Lipinski definition) is 1. The van der Waals surface area contributed by atoms with E-state index in [0.717, 1.165) is 40.0 Å². The number of anilines is 2. The van der Waals surface area contributed by atoms with Crippen LogP contribution in [-0.4, -0.2) is 46.2 Å². The predicted octanol–water partition coefficient (Wildman–Crippen LogP) is 1.57. The number of morpholine rings is 1. The maximum atomic E-state index is 5.68. The van der Waals surface area contributed by atoms with Crippen LogP contribution in [0.15, 0.2) is 24.7 Å². The van der Waals surface area contributed by atoms with E-state index >= 15 is 0 Å². The summed E-state index contributed by atoms with van der Waals surface area (Å²) in [7, 11) is 0. The number of ether oxygens (including phenoxy) is 1. The average Bonchev–Trinajstić information content (AvgIpc) is 3.00. The summed E-state index contributed by atoms with van der Waals surface area (Å²) in [4.78, 5) is 20.8. The molecule has 0 unspecified atom stereocenters. The van der Waals surface area contributed by atoms with Gasteiger partial charge in [-0.15, -0.1) is 0 Å². The smallest absolute Gasteiger partial charge is 0.159 e. The second kappa shape index (κ2) is 5.47. The topological polar surface area (TPSA) is 90.0 Å². The number of pyridine rings is 1. The molecule has 4 heterocycles. The van der Waals surface area contributed by atoms with Gasteiger partial charge in [-0.2, -0.15) is 0 Å². The minimum absolute atomic E-state index is 0.638. The molecule has 7 nitrogen and oxygen atoms in total. The Labute approximate surface area is 130 Å². The van der Waals surface area contributed by atoms with Crippen molar-refractivity contribution in [1.29, 1.82) is 0 Å². The highest BCUT2D eigenvalue weighted by Gasteiger charge is 2.19. The summed E-state index contributed by atoms with van der Waals surface area (Å²) in [6, 6.07) is 3.69. The van der Waals surface area contributed by atoms with Crippen molar-refractivity contribution in [2.75, 3.05) is 36.9 Å². The van der Waals surface area contributed by atoms with Crippen LogP contribution in [0.25, 0.3) is 21.0 Å². The molecule has 3 aromatic heterocycles. The van der Waals surface area contributed by atoms with Crippen molar-refractivity contribution in [2.45, 2.75) is 0 Å². The van der Waals surface area contributed by atoms with Crippen molar-refractivity contribution in [3.05, 3.63) is 24.7 Å². The van der Waals surface area contributed by atoms with Crippen LogP contribution >= 0.6 is 11.3 Å². The van der Waals surface area contributed by atoms with Crippen molar-refractivity contribution in [3.63, 3.8) is 0 Å². The molecule has 4 rings (SSSR count). The molecule has 0 amide bonds. The van der Waals surface area contributed by atoms with Crippen LogP contribution in [-0.2, 0) is 4.74 Å². The number of nitrogens with zero attached hydrogens (tertiary/aromatic N) is 5. The number of hydrogen-bond acceptors (Lipinski definition) is 8. The Kier molecular flexibility index (Phi) is 3.32. The Bertz CT molecular complexity index is 797. The van der Waals surface area contributed by atoms with E-state index in [9.17, 15) is 0 Å². The molecule has 0 saturated carbocycles. The van der Waals surface area contributed by atoms with Crippen LogP contribution in [0.5, 0.6) is 0 Å². The lowest BCUT2D eigenvalue weighted by atomic mass is 10.3. The summed E-state index contributed by atoms with van der Waals surface area (Å²) >= 11 is 1.51. The number of aromatic nitrogens is 4. The molecule has 2 N–H and O–H groups in total. The molecule has 1 aliphatic rings. The number of nitrogen functional groups attached to an aromatic ring is 1. The van der Waals surface area contributed by atoms with E-state index in [-0.39, 0.29) is 0 Å². The fourth-order valence-electron chi connectivity index (χ4n) is 2.39. The normalized spacial score (nSPS) is 15.4. The quantitative estimate of drug-likeness (QED) is 0.767. The van der Waals surface area contributed by atoms with Crippen LogP contribution in [0.2, 0.25) is 0 Å². The molecule has 0 bridgehead atoms. The SMILES string of the molecule is Nc1ccc(-c2nc3c(N4CCOCC4)ncnc3s2)nc1. The molecular formula is C14H14N6OS. The monoisotopic (exact) mass is 314 g/mol. The fourth-order valence-corrected chi connectivity index (χ4v) is 3.27. The van der Waals surface area contributed by atoms with Gasteiger partial charge in [-0.25, -0.2) is 15.0 Å². The van der Waals surface area contributed by atoms with Gasteiger partial charge in [0.05, 0.1) is 30.8 Å². The van der Waals surface area contributed by atoms with Crippen LogP contribution in [0.1, 0.15) is 0 Å². The fraction of sp³-hybridized carbons (Fsp3) is 0.286. The molecule has 8 heteroatoms. The highest BCUT2D eigenvalue weighted by Crippen LogP contribution is 2.32. The first-order valence-corrected chi connectivity index (χ1v) is 7.79. The van der Waals surface area contributed by atoms with Crippen molar-refractivity contribution in [1.82, 2.24) is 19.9 Å². The molecule has 0 radical (unpaired) electrons. The minimum Gasteiger partial charge on any atom is -0.397 e. The van der Waals surface area contributed by atoms with E-state index in [4.69, 9.17) is 15.5 Å². The number of thiazole rings is 1. The Morgan fingerprint density at radius 2 is 2.00 bits per heavy atom. The summed E-state index contributed by atoms with van der Waals surface area (Å²) in [5.41, 5.74) is 7.94. The first kappa shape index (κ1) is 13.4. The Hall–Kier alpha value is -2.32. The van der Waals surface area contributed by atoms with E-state index in [1.165, 1.54) is 11.3 Å². The van der Waals surface area contributed by atoms with Gasteiger partial charge < -0.3 is 15.4 Å². The molecule has 0 aromatic carbocycles. The van der Waals surface area contributed by atoms with E-state index < -0.39 is 0 Å². The summed E-state index contributed by atoms with van der Waals surface area (Å²) in [5.74, 6) is 0.867. The number of rotatable bonds is 2. The van der Waals surface area contributed by atoms with Gasteiger partial charge in [0.25, 0.3) is 0 Å². The highest BCUT2D eigenvalue weighted by molar-refractivity contribution is 7.21. The lowest BCUT2D eigenvalue weighted by Gasteiger charge is -2.27. The second-order valence-electron chi connectivity index (χ2n) is 4.95. The van der Waals surface area contributed by atoms with Gasteiger partial charge in [0.15, 0.2) is 5.82 Å². The van der Waals surface area contributed by atoms with Crippen LogP contribution in [0.3, 0.4) is 0 Å². The lowest BCUT2D eigenvalue weighted by molar-refractivity contribution is 0.122. The van der Waals surface area contributed by atoms with Gasteiger partial charge in [0.2, 0.25) is 0 Å². The maximum absolute atomic E-state index is 5.68. The second-order valence-corrected chi connectivity index (χ2v) is 5.92. The zero-order valence-electron chi connectivity index (χ0n) is 11.8. The zero-order valence-corrected chi connectivity index (χ0v) is 12.6. The molecule has 1 fully saturated rings. The lowest BCUT2D eigenvalue weighted by Crippen LogP contribution is -2.36. The van der Waals surface area contributed by atoms with Gasteiger partial charge in [0.1, 0.15) is 21.7 Å². The Balaban J connectivity index is 1.78. The van der Waals surface area contributed by atoms with Crippen molar-refractivity contribution < 1.29 is 4.74 Å². The van der Waals surface area contributed by atoms with Crippen molar-refractivity contribution >= 4 is 33.2 Å². The van der Waals surface area contributed by atoms with E-state index in [1.54, 1.807) is 12.5 Å². The first-order valence-electron chi connectivity index (χ1n) is 6.97. The van der Waals surface area contributed by atoms with Gasteiger partial charge in [-0.05, 0) is 12.1 Å². The molecule has 112 valence electrons. The zero-order chi connectivity index (χ0) is 14.9. The maximum Gasteiger partial charge on any atom is 0.159 e. The third kappa shape index (κ3) is 2.36. The molecule has 1 aliphatic heterocycles. The van der Waals surface area contributed by atoms with Gasteiger partial charge in [0, 0.05) is 13.1 Å². The van der Waals surface area contributed by atoms with Crippen LogP contribution < -0.4 is 10.6 Å². The molecular weight excluding hydrogens is 300 g/mol. The van der Waals surface area contributed by atoms with Gasteiger partial charge in [-0.1, -0.05) is 11.3 Å². The van der Waals surface area contributed by atoms with Gasteiger partial charge >= 0.3 is 0 Å². The first-order chi connectivity index (χ1) is 10.8. The Morgan fingerprint density at radius 1 is 1.14 bits per heavy atom. The summed E-state index contributed by atoms with van der Waals surface area (Å²) < 4.78 is 5.39. The van der Waals surface area contributed by atoms with Crippen LogP contribution in [0.4, 0.5) is 11.5 Å². The Morgan fingerprint density at radius 3 is 2.77 bits per heavy atom. The van der Waals surface area contributed by atoms with E-state index in [0.29, 0.717) is 18.9 Å². The van der Waals surface area contributed by atoms with Crippen LogP contribution in [0, 0.1) is 0 Å². The summed E-state index contributed by atoms with van der Waals surface area (Å²) in [5, 5.41) is 0.824. The van der Waals surface area contributed by atoms with E-state index in [1.807, 2.05) is 12.1 Å². The molecule has 3 aromatic rings. The molecule has 0 spiro atoms. The van der Waals surface area contributed by atoms with Crippen molar-refractivity contribution in [2.24, 2.45) is 0 Å². The summed E-state index contributed by atoms with van der Waals surface area (Å²) in [6.45, 7) is 3.06. The van der Waals surface area contributed by atoms with Gasteiger partial charge in [-0.3, -0.25) is 4.98 Å². The minimum atomic E-state index is 0.638. The highest BCUT2D eigenvalue weighted by atomic mass is 32.1. The third-order valence-corrected chi connectivity index (χ3v) is 4.48. The third-order valence-electron chi connectivity index (χ3n) is 3.49. The van der Waals surface area contributed by atoms with E-state index in [2.05, 4.69) is 19.9 Å². The predicted molar refractivity (Wildman–Crippen MR) is 85.9 cm³/mol. The molecule has 0 aliphatic carbocycles. The number of nitrogens with two attached hydrogens (primary N) is 1. The average molecular weight is 314 g/mol. The molecule has 22 heavy (non-hydrogen) atoms. The largest absolute Gasteiger partial charge is 0.397 e. The molecule has 0 atom stereocenters. The molecule has 1 saturated heterocycles. The standard InChI is InChI=1S/C14H14N6OS/c15-9-1-2-10(16-7-9)13-19-11-12(17-8-18-14(11)22-13)20-3-5-21-6-4-20/h1-2,7-8H,3-6,15H2. The summed E-state index contributed by atoms with van der Waals surface area (Å²) in [6.07, 6.45) is 3.22. The van der Waals surface area contributed by atoms with Crippen molar-refractivity contribution in [3.8, 4) is 10.7 Å². The number of fused-ring (bicyclic) bond motifs is 1.